The molecule has 16 heavy (non-hydrogen) atoms. The first-order valence-corrected chi connectivity index (χ1v) is 5.03. The van der Waals surface area contributed by atoms with Gasteiger partial charge in [-0.3, -0.25) is 14.6 Å². The van der Waals surface area contributed by atoms with Crippen molar-refractivity contribution in [2.24, 2.45) is 0 Å². The Bertz CT molecular complexity index is 404. The molecule has 5 heteroatoms. The smallest absolute Gasteiger partial charge is 0.325 e. The predicted octanol–water partition coefficient (Wildman–Crippen LogP) is 0.847. The summed E-state index contributed by atoms with van der Waals surface area (Å²) in [6.07, 6.45) is 2.19. The summed E-state index contributed by atoms with van der Waals surface area (Å²) in [4.78, 5) is 26.2. The van der Waals surface area contributed by atoms with Gasteiger partial charge in [-0.15, -0.1) is 0 Å². The van der Waals surface area contributed by atoms with Gasteiger partial charge in [-0.25, -0.2) is 0 Å². The van der Waals surface area contributed by atoms with E-state index in [9.17, 15) is 9.59 Å². The maximum absolute atomic E-state index is 11.7. The van der Waals surface area contributed by atoms with Crippen LogP contribution in [0.3, 0.4) is 0 Å². The quantitative estimate of drug-likeness (QED) is 0.791. The van der Waals surface area contributed by atoms with Gasteiger partial charge in [0.15, 0.2) is 0 Å². The number of carboxylic acid groups (broad SMARTS) is 1. The second kappa shape index (κ2) is 5.25. The molecule has 0 radical (unpaired) electrons. The standard InChI is InChI=1S/C11H14N2O3/c1-3-8-5-4-6-12-9(8)10(14)13-7(2)11(15)16/h4-7H,3H2,1-2H3,(H,13,14)(H,15,16)/t7-/m0/s1. The summed E-state index contributed by atoms with van der Waals surface area (Å²) in [5.41, 5.74) is 1.09. The fourth-order valence-electron chi connectivity index (χ4n) is 1.26. The molecule has 2 N–H and O–H groups in total. The number of hydrogen-bond acceptors (Lipinski definition) is 3. The number of carbonyl (C=O) groups excluding carboxylic acids is 1. The summed E-state index contributed by atoms with van der Waals surface area (Å²) < 4.78 is 0. The van der Waals surface area contributed by atoms with E-state index in [-0.39, 0.29) is 5.69 Å². The highest BCUT2D eigenvalue weighted by Gasteiger charge is 2.17. The number of nitrogens with one attached hydrogen (secondary N) is 1. The van der Waals surface area contributed by atoms with E-state index in [4.69, 9.17) is 5.11 Å². The molecule has 0 saturated heterocycles. The molecule has 0 bridgehead atoms. The maximum Gasteiger partial charge on any atom is 0.325 e. The van der Waals surface area contributed by atoms with E-state index in [0.717, 1.165) is 5.56 Å². The third-order valence-electron chi connectivity index (χ3n) is 2.21. The van der Waals surface area contributed by atoms with Crippen LogP contribution in [-0.2, 0) is 11.2 Å². The number of amides is 1. The second-order valence-electron chi connectivity index (χ2n) is 3.40. The molecule has 0 aliphatic rings. The van der Waals surface area contributed by atoms with Gasteiger partial charge in [0.25, 0.3) is 5.91 Å². The minimum atomic E-state index is -1.07. The van der Waals surface area contributed by atoms with Crippen molar-refractivity contribution in [3.63, 3.8) is 0 Å². The molecular formula is C11H14N2O3. The zero-order chi connectivity index (χ0) is 12.1. The molecule has 0 aliphatic carbocycles. The Morgan fingerprint density at radius 1 is 1.56 bits per heavy atom. The van der Waals surface area contributed by atoms with Gasteiger partial charge in [0.05, 0.1) is 0 Å². The van der Waals surface area contributed by atoms with Crippen LogP contribution >= 0.6 is 0 Å². The first kappa shape index (κ1) is 12.2. The molecule has 0 unspecified atom stereocenters. The van der Waals surface area contributed by atoms with Crippen LogP contribution in [0.1, 0.15) is 29.9 Å². The lowest BCUT2D eigenvalue weighted by Crippen LogP contribution is -2.39. The molecule has 1 rings (SSSR count). The number of carbonyl (C=O) groups is 2. The zero-order valence-electron chi connectivity index (χ0n) is 9.23. The van der Waals surface area contributed by atoms with Crippen LogP contribution < -0.4 is 5.32 Å². The Morgan fingerprint density at radius 2 is 2.25 bits per heavy atom. The number of hydrogen-bond donors (Lipinski definition) is 2. The van der Waals surface area contributed by atoms with Crippen LogP contribution in [0.4, 0.5) is 0 Å². The third-order valence-corrected chi connectivity index (χ3v) is 2.21. The van der Waals surface area contributed by atoms with E-state index in [2.05, 4.69) is 10.3 Å². The SMILES string of the molecule is CCc1cccnc1C(=O)N[C@@H](C)C(=O)O. The number of carboxylic acids is 1. The van der Waals surface area contributed by atoms with E-state index in [1.165, 1.54) is 13.1 Å². The molecule has 0 spiro atoms. The van der Waals surface area contributed by atoms with Gasteiger partial charge in [0.1, 0.15) is 11.7 Å². The number of aromatic nitrogens is 1. The van der Waals surface area contributed by atoms with E-state index in [0.29, 0.717) is 6.42 Å². The number of rotatable bonds is 4. The predicted molar refractivity (Wildman–Crippen MR) is 58.2 cm³/mol. The summed E-state index contributed by atoms with van der Waals surface area (Å²) in [5, 5.41) is 11.0. The number of pyridine rings is 1. The average molecular weight is 222 g/mol. The van der Waals surface area contributed by atoms with Crippen molar-refractivity contribution in [2.75, 3.05) is 0 Å². The Morgan fingerprint density at radius 3 is 2.81 bits per heavy atom. The van der Waals surface area contributed by atoms with Gasteiger partial charge >= 0.3 is 5.97 Å². The normalized spacial score (nSPS) is 11.9. The van der Waals surface area contributed by atoms with Gasteiger partial charge < -0.3 is 10.4 Å². The van der Waals surface area contributed by atoms with Crippen molar-refractivity contribution in [1.82, 2.24) is 10.3 Å². The monoisotopic (exact) mass is 222 g/mol. The molecular weight excluding hydrogens is 208 g/mol. The molecule has 86 valence electrons. The van der Waals surface area contributed by atoms with Crippen LogP contribution in [0.15, 0.2) is 18.3 Å². The summed E-state index contributed by atoms with van der Waals surface area (Å²) in [7, 11) is 0. The van der Waals surface area contributed by atoms with Crippen LogP contribution in [-0.4, -0.2) is 28.0 Å². The zero-order valence-corrected chi connectivity index (χ0v) is 9.23. The van der Waals surface area contributed by atoms with Crippen molar-refractivity contribution < 1.29 is 14.7 Å². The molecule has 1 atom stereocenters. The van der Waals surface area contributed by atoms with E-state index >= 15 is 0 Å². The van der Waals surface area contributed by atoms with Crippen molar-refractivity contribution in [3.8, 4) is 0 Å². The van der Waals surface area contributed by atoms with E-state index in [1.54, 1.807) is 12.1 Å². The van der Waals surface area contributed by atoms with Crippen LogP contribution in [0.25, 0.3) is 0 Å². The highest BCUT2D eigenvalue weighted by Crippen LogP contribution is 2.06. The van der Waals surface area contributed by atoms with Crippen molar-refractivity contribution in [1.29, 1.82) is 0 Å². The summed E-state index contributed by atoms with van der Waals surface area (Å²) in [6.45, 7) is 3.32. The Labute approximate surface area is 93.5 Å². The molecule has 1 aromatic rings. The lowest BCUT2D eigenvalue weighted by Gasteiger charge is -2.10. The maximum atomic E-state index is 11.7. The minimum Gasteiger partial charge on any atom is -0.480 e. The fourth-order valence-corrected chi connectivity index (χ4v) is 1.26. The molecule has 5 nitrogen and oxygen atoms in total. The topological polar surface area (TPSA) is 79.3 Å². The minimum absolute atomic E-state index is 0.290. The molecule has 1 aromatic heterocycles. The summed E-state index contributed by atoms with van der Waals surface area (Å²) in [5.74, 6) is -1.52. The molecule has 1 heterocycles. The number of aryl methyl sites for hydroxylation is 1. The summed E-state index contributed by atoms with van der Waals surface area (Å²) in [6, 6.07) is 2.63. The van der Waals surface area contributed by atoms with Gasteiger partial charge in [-0.2, -0.15) is 0 Å². The van der Waals surface area contributed by atoms with E-state index < -0.39 is 17.9 Å². The van der Waals surface area contributed by atoms with Crippen molar-refractivity contribution in [2.45, 2.75) is 26.3 Å². The molecule has 0 fully saturated rings. The number of nitrogens with zero attached hydrogens (tertiary/aromatic N) is 1. The highest BCUT2D eigenvalue weighted by atomic mass is 16.4. The third kappa shape index (κ3) is 2.79. The van der Waals surface area contributed by atoms with Crippen LogP contribution in [0.2, 0.25) is 0 Å². The fraction of sp³-hybridized carbons (Fsp3) is 0.364. The van der Waals surface area contributed by atoms with E-state index in [1.807, 2.05) is 6.92 Å². The summed E-state index contributed by atoms with van der Waals surface area (Å²) >= 11 is 0. The highest BCUT2D eigenvalue weighted by molar-refractivity contribution is 5.96. The van der Waals surface area contributed by atoms with Gasteiger partial charge in [-0.05, 0) is 25.0 Å². The molecule has 0 saturated carbocycles. The Kier molecular flexibility index (Phi) is 3.99. The molecule has 0 aromatic carbocycles. The van der Waals surface area contributed by atoms with Crippen molar-refractivity contribution >= 4 is 11.9 Å². The van der Waals surface area contributed by atoms with Crippen LogP contribution in [0.5, 0.6) is 0 Å². The van der Waals surface area contributed by atoms with Gasteiger partial charge in [-0.1, -0.05) is 13.0 Å². The first-order valence-electron chi connectivity index (χ1n) is 5.03. The van der Waals surface area contributed by atoms with Crippen LogP contribution in [0, 0.1) is 0 Å². The van der Waals surface area contributed by atoms with Gasteiger partial charge in [0, 0.05) is 6.20 Å². The Balaban J connectivity index is 2.84. The lowest BCUT2D eigenvalue weighted by atomic mass is 10.1. The van der Waals surface area contributed by atoms with Crippen molar-refractivity contribution in [3.05, 3.63) is 29.6 Å². The number of aliphatic carboxylic acids is 1. The lowest BCUT2D eigenvalue weighted by molar-refractivity contribution is -0.138. The second-order valence-corrected chi connectivity index (χ2v) is 3.40. The largest absolute Gasteiger partial charge is 0.480 e. The first-order chi connectivity index (χ1) is 7.56. The van der Waals surface area contributed by atoms with Gasteiger partial charge in [0.2, 0.25) is 0 Å². The average Bonchev–Trinajstić information content (AvgIpc) is 2.28. The Hall–Kier alpha value is -1.91. The molecule has 1 amide bonds. The molecule has 0 aliphatic heterocycles.